The van der Waals surface area contributed by atoms with Crippen molar-refractivity contribution in [3.05, 3.63) is 128 Å². The van der Waals surface area contributed by atoms with E-state index in [1.165, 1.54) is 22.7 Å². The van der Waals surface area contributed by atoms with Crippen LogP contribution in [0.15, 0.2) is 86.0 Å². The Hall–Kier alpha value is -5.68. The Labute approximate surface area is 299 Å². The molecule has 0 aliphatic heterocycles. The van der Waals surface area contributed by atoms with Crippen molar-refractivity contribution < 1.29 is 38.1 Å². The standard InChI is InChI=1S/C40H34O8S2/c1-5-37(41)45-21-7-23-47-39(43)35-19-15-31(49-35)13-9-29-11-17-33(27(3)25-29)34-18-12-30(26-28(34)4)10-14-32-16-20-36(50-32)40(44)48-24-8-22-46-38(42)6-2/h5-6,11-12,15-20,25-26H,1-2,7-8,21-24H2,3-4H3. The Morgan fingerprint density at radius 2 is 0.980 bits per heavy atom. The van der Waals surface area contributed by atoms with E-state index in [0.29, 0.717) is 22.6 Å². The molecule has 0 fully saturated rings. The molecule has 2 aromatic carbocycles. The van der Waals surface area contributed by atoms with Crippen LogP contribution in [0.2, 0.25) is 0 Å². The van der Waals surface area contributed by atoms with Gasteiger partial charge in [0.2, 0.25) is 0 Å². The summed E-state index contributed by atoms with van der Waals surface area (Å²) in [5.41, 5.74) is 6.03. The first kappa shape index (κ1) is 37.1. The van der Waals surface area contributed by atoms with E-state index >= 15 is 0 Å². The molecule has 254 valence electrons. The molecule has 0 aliphatic carbocycles. The van der Waals surface area contributed by atoms with Crippen LogP contribution in [0.4, 0.5) is 0 Å². The predicted octanol–water partition coefficient (Wildman–Crippen LogP) is 7.45. The minimum Gasteiger partial charge on any atom is -0.462 e. The minimum atomic E-state index is -0.510. The van der Waals surface area contributed by atoms with E-state index < -0.39 is 23.9 Å². The van der Waals surface area contributed by atoms with Crippen LogP contribution in [0.5, 0.6) is 0 Å². The van der Waals surface area contributed by atoms with E-state index in [1.54, 1.807) is 24.3 Å². The number of thiophene rings is 2. The third kappa shape index (κ3) is 11.2. The minimum absolute atomic E-state index is 0.140. The van der Waals surface area contributed by atoms with E-state index in [4.69, 9.17) is 18.9 Å². The topological polar surface area (TPSA) is 105 Å². The highest BCUT2D eigenvalue weighted by Gasteiger charge is 2.12. The van der Waals surface area contributed by atoms with Gasteiger partial charge in [0.15, 0.2) is 0 Å². The van der Waals surface area contributed by atoms with Gasteiger partial charge in [-0.3, -0.25) is 0 Å². The number of carbonyl (C=O) groups excluding carboxylic acids is 4. The molecule has 2 heterocycles. The maximum atomic E-state index is 12.3. The summed E-state index contributed by atoms with van der Waals surface area (Å²) < 4.78 is 20.2. The molecule has 10 heteroatoms. The Morgan fingerprint density at radius 3 is 1.36 bits per heavy atom. The zero-order valence-corrected chi connectivity index (χ0v) is 29.3. The van der Waals surface area contributed by atoms with Crippen LogP contribution in [0.25, 0.3) is 11.1 Å². The highest BCUT2D eigenvalue weighted by molar-refractivity contribution is 7.14. The summed E-state index contributed by atoms with van der Waals surface area (Å²) in [7, 11) is 0. The quantitative estimate of drug-likeness (QED) is 0.0465. The largest absolute Gasteiger partial charge is 0.462 e. The summed E-state index contributed by atoms with van der Waals surface area (Å²) in [5, 5.41) is 0. The van der Waals surface area contributed by atoms with Crippen LogP contribution < -0.4 is 0 Å². The molecule has 0 amide bonds. The normalized spacial score (nSPS) is 10.0. The second-order valence-electron chi connectivity index (χ2n) is 10.6. The van der Waals surface area contributed by atoms with Crippen LogP contribution in [0.1, 0.15) is 64.2 Å². The van der Waals surface area contributed by atoms with Gasteiger partial charge < -0.3 is 18.9 Å². The van der Waals surface area contributed by atoms with Crippen molar-refractivity contribution in [2.75, 3.05) is 26.4 Å². The van der Waals surface area contributed by atoms with E-state index in [-0.39, 0.29) is 26.4 Å². The molecule has 0 spiro atoms. The van der Waals surface area contributed by atoms with Gasteiger partial charge in [-0.25, -0.2) is 19.2 Å². The fraction of sp³-hybridized carbons (Fsp3) is 0.200. The molecule has 4 aromatic rings. The summed E-state index contributed by atoms with van der Waals surface area (Å²) in [4.78, 5) is 49.1. The molecule has 0 saturated heterocycles. The number of rotatable bonds is 13. The summed E-state index contributed by atoms with van der Waals surface area (Å²) in [5.74, 6) is 10.7. The Bertz CT molecular complexity index is 1880. The molecular formula is C40H34O8S2. The number of benzene rings is 2. The SMILES string of the molecule is C=CC(=O)OCCCOC(=O)c1ccc(C#Cc2ccc(-c3ccc(C#Cc4ccc(C(=O)OCCCOC(=O)C=C)s4)cc3C)c(C)c2)s1. The van der Waals surface area contributed by atoms with Gasteiger partial charge >= 0.3 is 23.9 Å². The summed E-state index contributed by atoms with van der Waals surface area (Å²) in [6.07, 6.45) is 2.97. The number of aryl methyl sites for hydroxylation is 2. The molecule has 0 aliphatic rings. The van der Waals surface area contributed by atoms with Crippen molar-refractivity contribution >= 4 is 46.6 Å². The van der Waals surface area contributed by atoms with Gasteiger partial charge in [-0.05, 0) is 84.6 Å². The molecule has 2 aromatic heterocycles. The lowest BCUT2D eigenvalue weighted by Gasteiger charge is -2.10. The van der Waals surface area contributed by atoms with E-state index in [0.717, 1.165) is 55.3 Å². The van der Waals surface area contributed by atoms with E-state index in [2.05, 4.69) is 49.0 Å². The molecule has 4 rings (SSSR count). The number of carbonyl (C=O) groups is 4. The smallest absolute Gasteiger partial charge is 0.348 e. The molecule has 50 heavy (non-hydrogen) atoms. The van der Waals surface area contributed by atoms with Crippen molar-refractivity contribution in [2.45, 2.75) is 26.7 Å². The predicted molar refractivity (Wildman–Crippen MR) is 194 cm³/mol. The summed E-state index contributed by atoms with van der Waals surface area (Å²) in [6, 6.07) is 19.1. The van der Waals surface area contributed by atoms with Crippen LogP contribution >= 0.6 is 22.7 Å². The zero-order chi connectivity index (χ0) is 35.9. The number of esters is 4. The van der Waals surface area contributed by atoms with Crippen molar-refractivity contribution in [1.29, 1.82) is 0 Å². The Balaban J connectivity index is 1.31. The number of hydrogen-bond donors (Lipinski definition) is 0. The zero-order valence-electron chi connectivity index (χ0n) is 27.7. The second-order valence-corrected chi connectivity index (χ2v) is 12.8. The first-order valence-corrected chi connectivity index (χ1v) is 17.2. The average Bonchev–Trinajstić information content (AvgIpc) is 3.80. The monoisotopic (exact) mass is 706 g/mol. The van der Waals surface area contributed by atoms with E-state index in [1.807, 2.05) is 38.1 Å². The van der Waals surface area contributed by atoms with Crippen molar-refractivity contribution in [3.63, 3.8) is 0 Å². The molecular weight excluding hydrogens is 673 g/mol. The lowest BCUT2D eigenvalue weighted by molar-refractivity contribution is -0.138. The molecule has 0 unspecified atom stereocenters. The van der Waals surface area contributed by atoms with Gasteiger partial charge in [0.25, 0.3) is 0 Å². The average molecular weight is 707 g/mol. The van der Waals surface area contributed by atoms with Gasteiger partial charge in [-0.1, -0.05) is 49.0 Å². The maximum absolute atomic E-state index is 12.3. The van der Waals surface area contributed by atoms with Crippen LogP contribution in [0, 0.1) is 37.5 Å². The van der Waals surface area contributed by atoms with Crippen LogP contribution in [-0.2, 0) is 28.5 Å². The highest BCUT2D eigenvalue weighted by atomic mass is 32.1. The lowest BCUT2D eigenvalue weighted by atomic mass is 9.94. The molecule has 8 nitrogen and oxygen atoms in total. The molecule has 0 radical (unpaired) electrons. The fourth-order valence-corrected chi connectivity index (χ4v) is 5.94. The fourth-order valence-electron chi connectivity index (χ4n) is 4.44. The molecule has 0 N–H and O–H groups in total. The maximum Gasteiger partial charge on any atom is 0.348 e. The van der Waals surface area contributed by atoms with Gasteiger partial charge in [0.1, 0.15) is 9.75 Å². The molecule has 0 bridgehead atoms. The highest BCUT2D eigenvalue weighted by Crippen LogP contribution is 2.28. The van der Waals surface area contributed by atoms with Crippen LogP contribution in [0.3, 0.4) is 0 Å². The van der Waals surface area contributed by atoms with Crippen molar-refractivity contribution in [2.24, 2.45) is 0 Å². The summed E-state index contributed by atoms with van der Waals surface area (Å²) >= 11 is 2.52. The Morgan fingerprint density at radius 1 is 0.580 bits per heavy atom. The van der Waals surface area contributed by atoms with Gasteiger partial charge in [0.05, 0.1) is 36.2 Å². The third-order valence-corrected chi connectivity index (χ3v) is 8.84. The third-order valence-electron chi connectivity index (χ3n) is 6.88. The number of hydrogen-bond acceptors (Lipinski definition) is 10. The van der Waals surface area contributed by atoms with Crippen molar-refractivity contribution in [3.8, 4) is 34.8 Å². The van der Waals surface area contributed by atoms with Crippen LogP contribution in [-0.4, -0.2) is 50.3 Å². The molecule has 0 atom stereocenters. The first-order valence-electron chi connectivity index (χ1n) is 15.5. The molecule has 0 saturated carbocycles. The second kappa shape index (κ2) is 18.8. The summed E-state index contributed by atoms with van der Waals surface area (Å²) in [6.45, 7) is 11.3. The lowest BCUT2D eigenvalue weighted by Crippen LogP contribution is -2.08. The van der Waals surface area contributed by atoms with Gasteiger partial charge in [-0.15, -0.1) is 22.7 Å². The van der Waals surface area contributed by atoms with E-state index in [9.17, 15) is 19.2 Å². The van der Waals surface area contributed by atoms with Gasteiger partial charge in [-0.2, -0.15) is 0 Å². The Kier molecular flexibility index (Phi) is 13.9. The van der Waals surface area contributed by atoms with Crippen molar-refractivity contribution in [1.82, 2.24) is 0 Å². The van der Waals surface area contributed by atoms with Gasteiger partial charge in [0, 0.05) is 36.1 Å². The first-order chi connectivity index (χ1) is 24.2. The number of ether oxygens (including phenoxy) is 4.